The molecule has 0 atom stereocenters. The average Bonchev–Trinajstić information content (AvgIpc) is 3.13. The lowest BCUT2D eigenvalue weighted by molar-refractivity contribution is -0.138. The number of aliphatic carboxylic acids is 1. The molecule has 0 aliphatic rings. The molecule has 0 unspecified atom stereocenters. The Morgan fingerprint density at radius 2 is 0.490 bits per heavy atom. The van der Waals surface area contributed by atoms with E-state index in [0.29, 0.717) is 132 Å². The summed E-state index contributed by atoms with van der Waals surface area (Å²) < 4.78 is 60.0. The fraction of sp³-hybridized carbons (Fsp3) is 0.974. The van der Waals surface area contributed by atoms with Crippen molar-refractivity contribution in [2.75, 3.05) is 145 Å². The third-order valence-electron chi connectivity index (χ3n) is 7.57. The highest BCUT2D eigenvalue weighted by Gasteiger charge is 1.99. The van der Waals surface area contributed by atoms with Crippen molar-refractivity contribution in [3.63, 3.8) is 0 Å². The lowest BCUT2D eigenvalue weighted by Crippen LogP contribution is -2.15. The highest BCUT2D eigenvalue weighted by atomic mass is 16.6. The zero-order valence-electron chi connectivity index (χ0n) is 32.3. The summed E-state index contributed by atoms with van der Waals surface area (Å²) in [6.07, 6.45) is 17.7. The summed E-state index contributed by atoms with van der Waals surface area (Å²) in [6, 6.07) is 0. The van der Waals surface area contributed by atoms with E-state index in [4.69, 9.17) is 57.2 Å². The number of unbranched alkanes of at least 4 members (excludes halogenated alkanes) is 12. The number of hydrogen-bond acceptors (Lipinski definition) is 12. The maximum Gasteiger partial charge on any atom is 0.305 e. The molecule has 0 spiro atoms. The summed E-state index contributed by atoms with van der Waals surface area (Å²) in [6.45, 7) is 13.4. The van der Waals surface area contributed by atoms with Gasteiger partial charge in [0.2, 0.25) is 0 Å². The van der Waals surface area contributed by atoms with Gasteiger partial charge in [-0.15, -0.1) is 0 Å². The molecule has 0 aromatic heterocycles. The molecule has 0 saturated heterocycles. The van der Waals surface area contributed by atoms with Crippen molar-refractivity contribution in [2.24, 2.45) is 0 Å². The number of hydrogen-bond donors (Lipinski definition) is 1. The molecule has 1 N–H and O–H groups in total. The first-order valence-electron chi connectivity index (χ1n) is 19.8. The normalized spacial score (nSPS) is 11.5. The molecule has 0 amide bonds. The summed E-state index contributed by atoms with van der Waals surface area (Å²) >= 11 is 0. The van der Waals surface area contributed by atoms with Gasteiger partial charge in [0.25, 0.3) is 0 Å². The van der Waals surface area contributed by atoms with Gasteiger partial charge in [-0.1, -0.05) is 84.0 Å². The number of carbonyl (C=O) groups is 1. The van der Waals surface area contributed by atoms with Crippen LogP contribution in [0.2, 0.25) is 0 Å². The van der Waals surface area contributed by atoms with Crippen LogP contribution in [0, 0.1) is 0 Å². The van der Waals surface area contributed by atoms with Crippen LogP contribution >= 0.6 is 0 Å². The molecule has 0 aliphatic carbocycles. The Morgan fingerprint density at radius 3 is 0.725 bits per heavy atom. The van der Waals surface area contributed by atoms with Crippen LogP contribution in [0.15, 0.2) is 0 Å². The van der Waals surface area contributed by atoms with Gasteiger partial charge in [-0.05, 0) is 6.42 Å². The van der Waals surface area contributed by atoms with E-state index in [1.807, 2.05) is 0 Å². The highest BCUT2D eigenvalue weighted by Crippen LogP contribution is 2.12. The lowest BCUT2D eigenvalue weighted by Gasteiger charge is -2.09. The van der Waals surface area contributed by atoms with Gasteiger partial charge in [-0.25, -0.2) is 0 Å². The van der Waals surface area contributed by atoms with Crippen molar-refractivity contribution in [1.82, 2.24) is 0 Å². The van der Waals surface area contributed by atoms with Gasteiger partial charge in [0.05, 0.1) is 145 Å². The molecule has 51 heavy (non-hydrogen) atoms. The van der Waals surface area contributed by atoms with Crippen molar-refractivity contribution in [3.8, 4) is 0 Å². The Bertz CT molecular complexity index is 645. The van der Waals surface area contributed by atoms with Crippen LogP contribution < -0.4 is 0 Å². The quantitative estimate of drug-likeness (QED) is 0.0761. The van der Waals surface area contributed by atoms with Crippen molar-refractivity contribution in [1.29, 1.82) is 0 Å². The predicted molar refractivity (Wildman–Crippen MR) is 197 cm³/mol. The first-order valence-corrected chi connectivity index (χ1v) is 19.8. The van der Waals surface area contributed by atoms with Gasteiger partial charge in [-0.3, -0.25) is 4.79 Å². The largest absolute Gasteiger partial charge is 0.481 e. The van der Waals surface area contributed by atoms with E-state index in [2.05, 4.69) is 6.92 Å². The summed E-state index contributed by atoms with van der Waals surface area (Å²) in [7, 11) is 0. The van der Waals surface area contributed by atoms with Gasteiger partial charge in [-0.2, -0.15) is 0 Å². The molecule has 0 aromatic carbocycles. The first kappa shape index (κ1) is 50.0. The zero-order valence-corrected chi connectivity index (χ0v) is 32.3. The standard InChI is InChI=1S/C38H76O13/c1-2-3-4-5-6-7-8-9-10-11-12-13-14-16-41-18-20-43-22-24-45-26-28-47-30-32-49-34-36-51-37-35-50-33-31-48-29-27-46-25-23-44-21-19-42-17-15-38(39)40/h2-37H2,1H3,(H,39,40). The molecule has 306 valence electrons. The Hall–Kier alpha value is -0.970. The predicted octanol–water partition coefficient (Wildman–Crippen LogP) is 5.73. The molecule has 13 nitrogen and oxygen atoms in total. The molecule has 0 radical (unpaired) electrons. The minimum atomic E-state index is -0.871. The Kier molecular flexibility index (Phi) is 46.2. The van der Waals surface area contributed by atoms with Crippen molar-refractivity contribution in [2.45, 2.75) is 96.8 Å². The number of carboxylic acids is 1. The molecule has 0 rings (SSSR count). The fourth-order valence-electron chi connectivity index (χ4n) is 4.68. The van der Waals surface area contributed by atoms with Gasteiger partial charge in [0.1, 0.15) is 0 Å². The van der Waals surface area contributed by atoms with Gasteiger partial charge in [0.15, 0.2) is 0 Å². The molecular formula is C38H76O13. The number of ether oxygens (including phenoxy) is 11. The summed E-state index contributed by atoms with van der Waals surface area (Å²) in [5.41, 5.74) is 0. The van der Waals surface area contributed by atoms with Crippen LogP contribution in [0.4, 0.5) is 0 Å². The van der Waals surface area contributed by atoms with Crippen LogP contribution in [-0.2, 0) is 56.9 Å². The maximum atomic E-state index is 10.3. The number of rotatable bonds is 47. The number of carboxylic acid groups (broad SMARTS) is 1. The summed E-state index contributed by atoms with van der Waals surface area (Å²) in [5.74, 6) is -0.871. The SMILES string of the molecule is CCCCCCCCCCCCCCCOCCOCCOCCOCCOCCOCCOCCOCCOCCOCCOCCC(=O)O. The first-order chi connectivity index (χ1) is 25.3. The van der Waals surface area contributed by atoms with E-state index in [-0.39, 0.29) is 13.0 Å². The van der Waals surface area contributed by atoms with Crippen LogP contribution in [0.25, 0.3) is 0 Å². The molecule has 13 heteroatoms. The van der Waals surface area contributed by atoms with Crippen LogP contribution in [0.5, 0.6) is 0 Å². The van der Waals surface area contributed by atoms with E-state index in [9.17, 15) is 4.79 Å². The summed E-state index contributed by atoms with van der Waals surface area (Å²) in [5, 5.41) is 8.50. The Balaban J connectivity index is 3.05. The zero-order chi connectivity index (χ0) is 36.8. The Labute approximate surface area is 309 Å². The molecule has 0 fully saturated rings. The smallest absolute Gasteiger partial charge is 0.305 e. The van der Waals surface area contributed by atoms with E-state index >= 15 is 0 Å². The molecule has 0 heterocycles. The van der Waals surface area contributed by atoms with E-state index in [0.717, 1.165) is 13.0 Å². The topological polar surface area (TPSA) is 139 Å². The van der Waals surface area contributed by atoms with Crippen LogP contribution in [-0.4, -0.2) is 156 Å². The maximum absolute atomic E-state index is 10.3. The lowest BCUT2D eigenvalue weighted by atomic mass is 10.0. The highest BCUT2D eigenvalue weighted by molar-refractivity contribution is 5.66. The summed E-state index contributed by atoms with van der Waals surface area (Å²) in [4.78, 5) is 10.3. The minimum Gasteiger partial charge on any atom is -0.481 e. The van der Waals surface area contributed by atoms with Crippen LogP contribution in [0.1, 0.15) is 96.8 Å². The second kappa shape index (κ2) is 47.1. The molecule has 0 aliphatic heterocycles. The van der Waals surface area contributed by atoms with Gasteiger partial charge in [0, 0.05) is 6.61 Å². The van der Waals surface area contributed by atoms with Crippen molar-refractivity contribution in [3.05, 3.63) is 0 Å². The van der Waals surface area contributed by atoms with E-state index in [1.54, 1.807) is 0 Å². The average molecular weight is 741 g/mol. The fourth-order valence-corrected chi connectivity index (χ4v) is 4.68. The van der Waals surface area contributed by atoms with Crippen molar-refractivity contribution >= 4 is 5.97 Å². The Morgan fingerprint density at radius 1 is 0.294 bits per heavy atom. The monoisotopic (exact) mass is 741 g/mol. The third kappa shape index (κ3) is 49.0. The molecule has 0 saturated carbocycles. The van der Waals surface area contributed by atoms with E-state index in [1.165, 1.54) is 77.0 Å². The minimum absolute atomic E-state index is 0.000776. The third-order valence-corrected chi connectivity index (χ3v) is 7.57. The molecular weight excluding hydrogens is 664 g/mol. The van der Waals surface area contributed by atoms with Crippen LogP contribution in [0.3, 0.4) is 0 Å². The van der Waals surface area contributed by atoms with Gasteiger partial charge >= 0.3 is 5.97 Å². The molecule has 0 bridgehead atoms. The van der Waals surface area contributed by atoms with Crippen molar-refractivity contribution < 1.29 is 62.0 Å². The second-order valence-corrected chi connectivity index (χ2v) is 12.1. The second-order valence-electron chi connectivity index (χ2n) is 12.1. The molecule has 0 aromatic rings. The van der Waals surface area contributed by atoms with Gasteiger partial charge < -0.3 is 57.2 Å². The van der Waals surface area contributed by atoms with E-state index < -0.39 is 5.97 Å².